The highest BCUT2D eigenvalue weighted by Crippen LogP contribution is 2.14. The summed E-state index contributed by atoms with van der Waals surface area (Å²) < 4.78 is 0. The topological polar surface area (TPSA) is 41.3 Å². The molecule has 1 heterocycles. The lowest BCUT2D eigenvalue weighted by molar-refractivity contribution is 0.149. The van der Waals surface area contributed by atoms with Gasteiger partial charge in [0.15, 0.2) is 0 Å². The molecule has 3 heteroatoms. The molecular formula is C9H21N3. The van der Waals surface area contributed by atoms with Crippen LogP contribution in [0.1, 0.15) is 19.8 Å². The lowest BCUT2D eigenvalue weighted by Gasteiger charge is -2.36. The van der Waals surface area contributed by atoms with Gasteiger partial charge in [0.05, 0.1) is 0 Å². The van der Waals surface area contributed by atoms with Crippen LogP contribution in [0, 0.1) is 0 Å². The van der Waals surface area contributed by atoms with Gasteiger partial charge < -0.3 is 11.1 Å². The van der Waals surface area contributed by atoms with Crippen LogP contribution in [-0.2, 0) is 0 Å². The van der Waals surface area contributed by atoms with Gasteiger partial charge in [-0.05, 0) is 33.4 Å². The molecule has 12 heavy (non-hydrogen) atoms. The second-order valence-corrected chi connectivity index (χ2v) is 3.77. The van der Waals surface area contributed by atoms with Gasteiger partial charge in [-0.15, -0.1) is 0 Å². The first-order valence-electron chi connectivity index (χ1n) is 4.88. The van der Waals surface area contributed by atoms with Crippen LogP contribution < -0.4 is 11.1 Å². The second-order valence-electron chi connectivity index (χ2n) is 3.77. The van der Waals surface area contributed by atoms with E-state index in [0.717, 1.165) is 25.9 Å². The highest BCUT2D eigenvalue weighted by atomic mass is 15.2. The molecule has 1 fully saturated rings. The average Bonchev–Trinajstić information content (AvgIpc) is 2.03. The van der Waals surface area contributed by atoms with Gasteiger partial charge in [0.2, 0.25) is 0 Å². The molecule has 0 aliphatic carbocycles. The Morgan fingerprint density at radius 1 is 1.58 bits per heavy atom. The van der Waals surface area contributed by atoms with E-state index >= 15 is 0 Å². The van der Waals surface area contributed by atoms with Crippen molar-refractivity contribution < 1.29 is 0 Å². The van der Waals surface area contributed by atoms with Crippen molar-refractivity contribution in [1.82, 2.24) is 10.2 Å². The van der Waals surface area contributed by atoms with Crippen LogP contribution in [0.5, 0.6) is 0 Å². The summed E-state index contributed by atoms with van der Waals surface area (Å²) in [5.41, 5.74) is 5.87. The Kier molecular flexibility index (Phi) is 3.98. The lowest BCUT2D eigenvalue weighted by atomic mass is 9.99. The fraction of sp³-hybridized carbons (Fsp3) is 1.00. The Hall–Kier alpha value is -0.120. The quantitative estimate of drug-likeness (QED) is 0.629. The summed E-state index contributed by atoms with van der Waals surface area (Å²) in [6, 6.07) is 1.10. The van der Waals surface area contributed by atoms with E-state index < -0.39 is 0 Å². The zero-order valence-electron chi connectivity index (χ0n) is 8.21. The van der Waals surface area contributed by atoms with Crippen molar-refractivity contribution in [2.24, 2.45) is 5.73 Å². The predicted molar refractivity (Wildman–Crippen MR) is 52.2 cm³/mol. The molecule has 1 aliphatic rings. The molecule has 2 unspecified atom stereocenters. The molecule has 1 rings (SSSR count). The SMILES string of the molecule is CNCCN1CCC(N)CC1C. The maximum absolute atomic E-state index is 5.87. The molecule has 0 aromatic heterocycles. The fourth-order valence-corrected chi connectivity index (χ4v) is 1.84. The van der Waals surface area contributed by atoms with Gasteiger partial charge >= 0.3 is 0 Å². The number of likely N-dealkylation sites (N-methyl/N-ethyl adjacent to an activating group) is 1. The number of nitrogens with one attached hydrogen (secondary N) is 1. The minimum Gasteiger partial charge on any atom is -0.328 e. The van der Waals surface area contributed by atoms with Crippen molar-refractivity contribution in [2.45, 2.75) is 31.8 Å². The number of piperidine rings is 1. The minimum atomic E-state index is 0.436. The average molecular weight is 171 g/mol. The van der Waals surface area contributed by atoms with Crippen molar-refractivity contribution in [2.75, 3.05) is 26.7 Å². The third kappa shape index (κ3) is 2.73. The summed E-state index contributed by atoms with van der Waals surface area (Å²) >= 11 is 0. The Balaban J connectivity index is 2.25. The predicted octanol–water partition coefficient (Wildman–Crippen LogP) is 0.0174. The Labute approximate surface area is 75.3 Å². The first-order chi connectivity index (χ1) is 5.74. The smallest absolute Gasteiger partial charge is 0.0110 e. The van der Waals surface area contributed by atoms with Crippen LogP contribution >= 0.6 is 0 Å². The molecule has 0 aromatic carbocycles. The summed E-state index contributed by atoms with van der Waals surface area (Å²) in [5.74, 6) is 0. The maximum Gasteiger partial charge on any atom is 0.0110 e. The van der Waals surface area contributed by atoms with Gasteiger partial charge in [0.25, 0.3) is 0 Å². The number of rotatable bonds is 3. The molecule has 3 nitrogen and oxygen atoms in total. The molecule has 0 radical (unpaired) electrons. The van der Waals surface area contributed by atoms with Crippen molar-refractivity contribution in [3.05, 3.63) is 0 Å². The van der Waals surface area contributed by atoms with Crippen LogP contribution in [-0.4, -0.2) is 43.7 Å². The highest BCUT2D eigenvalue weighted by molar-refractivity contribution is 4.80. The first-order valence-corrected chi connectivity index (χ1v) is 4.88. The molecule has 1 saturated heterocycles. The van der Waals surface area contributed by atoms with Crippen molar-refractivity contribution in [3.8, 4) is 0 Å². The lowest BCUT2D eigenvalue weighted by Crippen LogP contribution is -2.47. The van der Waals surface area contributed by atoms with Crippen LogP contribution in [0.3, 0.4) is 0 Å². The van der Waals surface area contributed by atoms with E-state index in [9.17, 15) is 0 Å². The van der Waals surface area contributed by atoms with E-state index in [1.54, 1.807) is 0 Å². The third-order valence-corrected chi connectivity index (χ3v) is 2.70. The standard InChI is InChI=1S/C9H21N3/c1-8-7-9(10)3-5-12(8)6-4-11-2/h8-9,11H,3-7,10H2,1-2H3. The molecule has 72 valence electrons. The minimum absolute atomic E-state index is 0.436. The van der Waals surface area contributed by atoms with Crippen molar-refractivity contribution in [1.29, 1.82) is 0 Å². The van der Waals surface area contributed by atoms with Gasteiger partial charge in [-0.3, -0.25) is 4.90 Å². The molecular weight excluding hydrogens is 150 g/mol. The zero-order valence-corrected chi connectivity index (χ0v) is 8.21. The summed E-state index contributed by atoms with van der Waals surface area (Å²) in [4.78, 5) is 2.51. The van der Waals surface area contributed by atoms with Gasteiger partial charge in [-0.2, -0.15) is 0 Å². The molecule has 3 N–H and O–H groups in total. The summed E-state index contributed by atoms with van der Waals surface area (Å²) in [6.45, 7) is 5.68. The van der Waals surface area contributed by atoms with E-state index in [0.29, 0.717) is 12.1 Å². The molecule has 0 bridgehead atoms. The molecule has 0 amide bonds. The molecule has 1 aliphatic heterocycles. The summed E-state index contributed by atoms with van der Waals surface area (Å²) in [5, 5.41) is 3.17. The Bertz CT molecular complexity index is 125. The Morgan fingerprint density at radius 2 is 2.33 bits per heavy atom. The van der Waals surface area contributed by atoms with Crippen LogP contribution in [0.2, 0.25) is 0 Å². The van der Waals surface area contributed by atoms with E-state index in [1.165, 1.54) is 6.54 Å². The van der Waals surface area contributed by atoms with Crippen LogP contribution in [0.25, 0.3) is 0 Å². The number of likely N-dealkylation sites (tertiary alicyclic amines) is 1. The largest absolute Gasteiger partial charge is 0.328 e. The van der Waals surface area contributed by atoms with E-state index in [1.807, 2.05) is 7.05 Å². The van der Waals surface area contributed by atoms with Crippen molar-refractivity contribution >= 4 is 0 Å². The molecule has 0 saturated carbocycles. The maximum atomic E-state index is 5.87. The number of hydrogen-bond acceptors (Lipinski definition) is 3. The number of hydrogen-bond donors (Lipinski definition) is 2. The third-order valence-electron chi connectivity index (χ3n) is 2.70. The van der Waals surface area contributed by atoms with Gasteiger partial charge in [0, 0.05) is 25.2 Å². The molecule has 0 spiro atoms. The summed E-state index contributed by atoms with van der Waals surface area (Å²) in [7, 11) is 2.00. The van der Waals surface area contributed by atoms with Gasteiger partial charge in [-0.1, -0.05) is 0 Å². The molecule has 2 atom stereocenters. The first kappa shape index (κ1) is 9.96. The number of nitrogens with zero attached hydrogens (tertiary/aromatic N) is 1. The van der Waals surface area contributed by atoms with Gasteiger partial charge in [0.1, 0.15) is 0 Å². The number of nitrogens with two attached hydrogens (primary N) is 1. The van der Waals surface area contributed by atoms with Gasteiger partial charge in [-0.25, -0.2) is 0 Å². The van der Waals surface area contributed by atoms with Crippen LogP contribution in [0.15, 0.2) is 0 Å². The Morgan fingerprint density at radius 3 is 2.92 bits per heavy atom. The highest BCUT2D eigenvalue weighted by Gasteiger charge is 2.21. The second kappa shape index (κ2) is 4.80. The monoisotopic (exact) mass is 171 g/mol. The summed E-state index contributed by atoms with van der Waals surface area (Å²) in [6.07, 6.45) is 2.32. The zero-order chi connectivity index (χ0) is 8.97. The molecule has 0 aromatic rings. The van der Waals surface area contributed by atoms with E-state index in [-0.39, 0.29) is 0 Å². The van der Waals surface area contributed by atoms with Crippen molar-refractivity contribution in [3.63, 3.8) is 0 Å². The van der Waals surface area contributed by atoms with E-state index in [4.69, 9.17) is 5.73 Å². The normalized spacial score (nSPS) is 32.2. The van der Waals surface area contributed by atoms with Crippen LogP contribution in [0.4, 0.5) is 0 Å². The van der Waals surface area contributed by atoms with E-state index in [2.05, 4.69) is 17.1 Å². The fourth-order valence-electron chi connectivity index (χ4n) is 1.84.